The van der Waals surface area contributed by atoms with E-state index in [0.29, 0.717) is 70.1 Å². The van der Waals surface area contributed by atoms with Crippen LogP contribution in [0.2, 0.25) is 10.0 Å². The average molecular weight is 652 g/mol. The lowest BCUT2D eigenvalue weighted by molar-refractivity contribution is 0.100. The molecule has 0 aliphatic carbocycles. The van der Waals surface area contributed by atoms with E-state index in [4.69, 9.17) is 33.4 Å². The molecule has 46 heavy (non-hydrogen) atoms. The van der Waals surface area contributed by atoms with E-state index < -0.39 is 0 Å². The fourth-order valence-corrected chi connectivity index (χ4v) is 5.29. The van der Waals surface area contributed by atoms with E-state index in [1.165, 1.54) is 0 Å². The predicted octanol–water partition coefficient (Wildman–Crippen LogP) is 7.50. The first kappa shape index (κ1) is 30.7. The Balaban J connectivity index is 1.20. The van der Waals surface area contributed by atoms with Crippen LogP contribution >= 0.6 is 23.2 Å². The number of unbranched alkanes of at least 4 members (excludes halogenated alkanes) is 1. The van der Waals surface area contributed by atoms with Crippen LogP contribution in [0.25, 0.3) is 22.5 Å². The van der Waals surface area contributed by atoms with Gasteiger partial charge in [-0.2, -0.15) is 10.2 Å². The number of halogens is 2. The zero-order chi connectivity index (χ0) is 31.9. The number of rotatable bonds is 11. The van der Waals surface area contributed by atoms with Crippen molar-refractivity contribution in [2.75, 3.05) is 10.6 Å². The van der Waals surface area contributed by atoms with Crippen LogP contribution < -0.4 is 10.6 Å². The van der Waals surface area contributed by atoms with Gasteiger partial charge in [0.2, 0.25) is 0 Å². The number of amides is 2. The van der Waals surface area contributed by atoms with E-state index in [9.17, 15) is 9.59 Å². The van der Waals surface area contributed by atoms with Gasteiger partial charge in [0.25, 0.3) is 11.8 Å². The Morgan fingerprint density at radius 2 is 1.00 bits per heavy atom. The number of carbonyl (C=O) groups excluding carboxylic acids is 2. The summed E-state index contributed by atoms with van der Waals surface area (Å²) in [7, 11) is 0. The minimum Gasteiger partial charge on any atom is -0.321 e. The van der Waals surface area contributed by atoms with Gasteiger partial charge in [0, 0.05) is 70.4 Å². The topological polar surface area (TPSA) is 120 Å². The predicted molar refractivity (Wildman–Crippen MR) is 179 cm³/mol. The highest BCUT2D eigenvalue weighted by molar-refractivity contribution is 6.31. The van der Waals surface area contributed by atoms with Crippen molar-refractivity contribution in [1.29, 1.82) is 0 Å². The number of hydrogen-bond acceptors (Lipinski definition) is 6. The van der Waals surface area contributed by atoms with Gasteiger partial charge in [-0.25, -0.2) is 0 Å². The molecule has 4 aromatic heterocycles. The van der Waals surface area contributed by atoms with Crippen LogP contribution in [0.15, 0.2) is 110 Å². The minimum absolute atomic E-state index is 0.302. The maximum Gasteiger partial charge on any atom is 0.273 e. The molecular weight excluding hydrogens is 623 g/mol. The van der Waals surface area contributed by atoms with Crippen LogP contribution in [0, 0.1) is 0 Å². The molecule has 0 aliphatic heterocycles. The quantitative estimate of drug-likeness (QED) is 0.140. The number of hydrogen-bond donors (Lipinski definition) is 2. The normalized spacial score (nSPS) is 10.9. The van der Waals surface area contributed by atoms with Crippen LogP contribution in [0.5, 0.6) is 0 Å². The Hall–Kier alpha value is -5.32. The Morgan fingerprint density at radius 1 is 0.587 bits per heavy atom. The molecule has 6 aromatic rings. The third-order valence-electron chi connectivity index (χ3n) is 7.13. The lowest BCUT2D eigenvalue weighted by Gasteiger charge is -2.10. The Bertz CT molecular complexity index is 1830. The average Bonchev–Trinajstić information content (AvgIpc) is 3.69. The molecule has 0 saturated carbocycles. The second-order valence-corrected chi connectivity index (χ2v) is 11.3. The molecule has 0 spiro atoms. The van der Waals surface area contributed by atoms with Gasteiger partial charge in [0.05, 0.1) is 11.4 Å². The van der Waals surface area contributed by atoms with Gasteiger partial charge in [0.15, 0.2) is 0 Å². The van der Waals surface area contributed by atoms with E-state index >= 15 is 0 Å². The largest absolute Gasteiger partial charge is 0.321 e. The lowest BCUT2D eigenvalue weighted by Crippen LogP contribution is -2.19. The summed E-state index contributed by atoms with van der Waals surface area (Å²) in [6.45, 7) is 0.928. The minimum atomic E-state index is -0.302. The van der Waals surface area contributed by atoms with E-state index in [0.717, 1.165) is 11.1 Å². The molecule has 4 heterocycles. The second kappa shape index (κ2) is 14.2. The molecular formula is C34H28Cl2N8O2. The van der Waals surface area contributed by atoms with Crippen molar-refractivity contribution in [3.8, 4) is 22.5 Å². The number of nitrogens with one attached hydrogen (secondary N) is 2. The summed E-state index contributed by atoms with van der Waals surface area (Å²) >= 11 is 12.2. The summed E-state index contributed by atoms with van der Waals surface area (Å²) in [6.07, 6.45) is 8.06. The molecule has 0 fully saturated rings. The Morgan fingerprint density at radius 3 is 1.39 bits per heavy atom. The highest BCUT2D eigenvalue weighted by Crippen LogP contribution is 2.23. The van der Waals surface area contributed by atoms with E-state index in [2.05, 4.69) is 20.6 Å². The maximum atomic E-state index is 13.4. The molecule has 10 nitrogen and oxygen atoms in total. The van der Waals surface area contributed by atoms with Gasteiger partial charge in [-0.15, -0.1) is 0 Å². The second-order valence-electron chi connectivity index (χ2n) is 10.4. The fraction of sp³-hybridized carbons (Fsp3) is 0.118. The van der Waals surface area contributed by atoms with Crippen molar-refractivity contribution in [1.82, 2.24) is 29.5 Å². The summed E-state index contributed by atoms with van der Waals surface area (Å²) in [5, 5.41) is 16.4. The number of benzene rings is 2. The number of aromatic nitrogens is 6. The molecule has 0 atom stereocenters. The smallest absolute Gasteiger partial charge is 0.273 e. The van der Waals surface area contributed by atoms with Gasteiger partial charge in [-0.3, -0.25) is 28.9 Å². The molecule has 2 amide bonds. The zero-order valence-electron chi connectivity index (χ0n) is 24.5. The number of aryl methyl sites for hydroxylation is 2. The lowest BCUT2D eigenvalue weighted by atomic mass is 10.2. The molecule has 12 heteroatoms. The first-order valence-electron chi connectivity index (χ1n) is 14.5. The summed E-state index contributed by atoms with van der Waals surface area (Å²) in [5.41, 5.74) is 5.01. The zero-order valence-corrected chi connectivity index (χ0v) is 26.0. The summed E-state index contributed by atoms with van der Waals surface area (Å²) in [4.78, 5) is 34.9. The van der Waals surface area contributed by atoms with Gasteiger partial charge < -0.3 is 10.6 Å². The van der Waals surface area contributed by atoms with E-state index in [1.807, 2.05) is 24.3 Å². The molecule has 230 valence electrons. The van der Waals surface area contributed by atoms with Gasteiger partial charge in [0.1, 0.15) is 11.4 Å². The van der Waals surface area contributed by atoms with Gasteiger partial charge in [-0.05, 0) is 85.6 Å². The molecule has 0 bridgehead atoms. The summed E-state index contributed by atoms with van der Waals surface area (Å²) < 4.78 is 3.40. The first-order valence-corrected chi connectivity index (χ1v) is 15.3. The van der Waals surface area contributed by atoms with E-state index in [-0.39, 0.29) is 11.8 Å². The van der Waals surface area contributed by atoms with Crippen LogP contribution in [0.1, 0.15) is 33.8 Å². The highest BCUT2D eigenvalue weighted by atomic mass is 35.5. The third kappa shape index (κ3) is 7.48. The van der Waals surface area contributed by atoms with Crippen LogP contribution in [-0.4, -0.2) is 41.3 Å². The van der Waals surface area contributed by atoms with Crippen molar-refractivity contribution >= 4 is 46.4 Å². The molecule has 0 radical (unpaired) electrons. The molecule has 6 rings (SSSR count). The van der Waals surface area contributed by atoms with Crippen molar-refractivity contribution in [2.45, 2.75) is 25.9 Å². The molecule has 0 saturated heterocycles. The summed E-state index contributed by atoms with van der Waals surface area (Å²) in [6, 6.07) is 24.9. The number of anilines is 2. The maximum absolute atomic E-state index is 13.4. The van der Waals surface area contributed by atoms with Crippen molar-refractivity contribution in [3.05, 3.63) is 131 Å². The highest BCUT2D eigenvalue weighted by Gasteiger charge is 2.19. The molecule has 2 N–H and O–H groups in total. The van der Waals surface area contributed by atoms with Gasteiger partial charge in [-0.1, -0.05) is 35.3 Å². The van der Waals surface area contributed by atoms with Crippen molar-refractivity contribution in [3.63, 3.8) is 0 Å². The third-order valence-corrected chi connectivity index (χ3v) is 7.60. The van der Waals surface area contributed by atoms with Crippen molar-refractivity contribution < 1.29 is 9.59 Å². The standard InChI is InChI=1S/C34H28Cl2N8O2/c35-25-5-3-7-27(19-25)39-33(45)31-21-29(23-9-13-37-14-10-23)41-43(31)17-1-2-18-44-32(22-30(42-44)24-11-15-38-16-12-24)34(46)40-28-8-4-6-26(36)20-28/h3-16,19-22H,1-2,17-18H2,(H,39,45)(H,40,46). The first-order chi connectivity index (χ1) is 22.4. The number of pyridine rings is 2. The van der Waals surface area contributed by atoms with Crippen molar-refractivity contribution in [2.24, 2.45) is 0 Å². The molecule has 0 unspecified atom stereocenters. The monoisotopic (exact) mass is 650 g/mol. The van der Waals surface area contributed by atoms with Crippen LogP contribution in [0.4, 0.5) is 11.4 Å². The summed E-state index contributed by atoms with van der Waals surface area (Å²) in [5.74, 6) is -0.603. The van der Waals surface area contributed by atoms with Crippen LogP contribution in [0.3, 0.4) is 0 Å². The van der Waals surface area contributed by atoms with Crippen LogP contribution in [-0.2, 0) is 13.1 Å². The number of carbonyl (C=O) groups is 2. The SMILES string of the molecule is O=C(Nc1cccc(Cl)c1)c1cc(-c2ccncc2)nn1CCCCn1nc(-c2ccncc2)cc1C(=O)Nc1cccc(Cl)c1. The molecule has 0 aliphatic rings. The van der Waals surface area contributed by atoms with E-state index in [1.54, 1.807) is 94.8 Å². The molecule has 2 aromatic carbocycles. The fourth-order valence-electron chi connectivity index (χ4n) is 4.91. The number of nitrogens with zero attached hydrogens (tertiary/aromatic N) is 6. The Kier molecular flexibility index (Phi) is 9.47. The van der Waals surface area contributed by atoms with Gasteiger partial charge >= 0.3 is 0 Å². The Labute approximate surface area is 275 Å².